The van der Waals surface area contributed by atoms with E-state index in [4.69, 9.17) is 0 Å². The maximum absolute atomic E-state index is 9.33. The van der Waals surface area contributed by atoms with E-state index in [1.165, 1.54) is 12.8 Å². The largest absolute Gasteiger partial charge is 0.387 e. The molecule has 0 aromatic carbocycles. The molecular formula is C12H18N2O. The highest BCUT2D eigenvalue weighted by Crippen LogP contribution is 2.30. The number of hydrogen-bond donors (Lipinski definition) is 1. The van der Waals surface area contributed by atoms with Crippen LogP contribution in [0.15, 0.2) is 18.3 Å². The summed E-state index contributed by atoms with van der Waals surface area (Å²) in [5.74, 6) is 0.881. The summed E-state index contributed by atoms with van der Waals surface area (Å²) in [7, 11) is 2.09. The van der Waals surface area contributed by atoms with Gasteiger partial charge in [-0.25, -0.2) is 0 Å². The summed E-state index contributed by atoms with van der Waals surface area (Å²) in [6.07, 6.45) is 4.09. The third-order valence-corrected chi connectivity index (χ3v) is 2.87. The summed E-state index contributed by atoms with van der Waals surface area (Å²) < 4.78 is 0. The van der Waals surface area contributed by atoms with Crippen LogP contribution in [-0.2, 0) is 0 Å². The fraction of sp³-hybridized carbons (Fsp3) is 0.583. The Morgan fingerprint density at radius 2 is 2.27 bits per heavy atom. The lowest BCUT2D eigenvalue weighted by Gasteiger charge is -2.18. The van der Waals surface area contributed by atoms with Crippen molar-refractivity contribution in [3.05, 3.63) is 24.0 Å². The number of anilines is 1. The first kappa shape index (κ1) is 10.4. The number of hydrogen-bond acceptors (Lipinski definition) is 3. The molecule has 1 fully saturated rings. The van der Waals surface area contributed by atoms with E-state index < -0.39 is 6.10 Å². The molecule has 1 aliphatic carbocycles. The Balaban J connectivity index is 2.01. The van der Waals surface area contributed by atoms with Gasteiger partial charge in [0, 0.05) is 13.6 Å². The van der Waals surface area contributed by atoms with Gasteiger partial charge in [-0.3, -0.25) is 4.98 Å². The van der Waals surface area contributed by atoms with E-state index in [2.05, 4.69) is 16.9 Å². The maximum Gasteiger partial charge on any atom is 0.0931 e. The molecule has 1 aromatic heterocycles. The molecule has 2 rings (SSSR count). The van der Waals surface area contributed by atoms with Crippen molar-refractivity contribution >= 4 is 5.69 Å². The van der Waals surface area contributed by atoms with Crippen molar-refractivity contribution in [3.63, 3.8) is 0 Å². The number of aliphatic hydroxyl groups excluding tert-OH is 1. The molecule has 0 bridgehead atoms. The molecule has 1 heterocycles. The molecular weight excluding hydrogens is 188 g/mol. The van der Waals surface area contributed by atoms with Gasteiger partial charge in [-0.1, -0.05) is 0 Å². The van der Waals surface area contributed by atoms with Crippen molar-refractivity contribution in [2.24, 2.45) is 5.92 Å². The number of aliphatic hydroxyl groups is 1. The Morgan fingerprint density at radius 1 is 1.53 bits per heavy atom. The van der Waals surface area contributed by atoms with Gasteiger partial charge in [0.05, 0.1) is 23.7 Å². The molecule has 0 saturated heterocycles. The predicted molar refractivity (Wildman–Crippen MR) is 60.9 cm³/mol. The zero-order valence-corrected chi connectivity index (χ0v) is 9.35. The van der Waals surface area contributed by atoms with Gasteiger partial charge < -0.3 is 10.0 Å². The van der Waals surface area contributed by atoms with Crippen molar-refractivity contribution in [3.8, 4) is 0 Å². The van der Waals surface area contributed by atoms with Gasteiger partial charge >= 0.3 is 0 Å². The van der Waals surface area contributed by atoms with Crippen LogP contribution in [0.1, 0.15) is 31.6 Å². The number of pyridine rings is 1. The monoisotopic (exact) mass is 206 g/mol. The Morgan fingerprint density at radius 3 is 2.73 bits per heavy atom. The zero-order valence-electron chi connectivity index (χ0n) is 9.35. The molecule has 0 unspecified atom stereocenters. The summed E-state index contributed by atoms with van der Waals surface area (Å²) in [6, 6.07) is 3.92. The molecule has 1 saturated carbocycles. The summed E-state index contributed by atoms with van der Waals surface area (Å²) >= 11 is 0. The molecule has 82 valence electrons. The second-order valence-electron chi connectivity index (χ2n) is 4.44. The highest BCUT2D eigenvalue weighted by molar-refractivity contribution is 5.44. The van der Waals surface area contributed by atoms with Crippen molar-refractivity contribution < 1.29 is 5.11 Å². The minimum absolute atomic E-state index is 0.479. The molecule has 3 heteroatoms. The smallest absolute Gasteiger partial charge is 0.0931 e. The minimum atomic E-state index is -0.479. The molecule has 1 atom stereocenters. The van der Waals surface area contributed by atoms with Crippen LogP contribution in [0.25, 0.3) is 0 Å². The summed E-state index contributed by atoms with van der Waals surface area (Å²) in [5, 5.41) is 9.33. The third kappa shape index (κ3) is 2.69. The van der Waals surface area contributed by atoms with Gasteiger partial charge in [0.2, 0.25) is 0 Å². The summed E-state index contributed by atoms with van der Waals surface area (Å²) in [4.78, 5) is 6.47. The molecule has 0 amide bonds. The lowest BCUT2D eigenvalue weighted by Crippen LogP contribution is -2.20. The van der Waals surface area contributed by atoms with E-state index in [1.807, 2.05) is 18.3 Å². The molecule has 0 spiro atoms. The van der Waals surface area contributed by atoms with Gasteiger partial charge in [0.1, 0.15) is 0 Å². The van der Waals surface area contributed by atoms with Gasteiger partial charge in [-0.05, 0) is 37.8 Å². The van der Waals surface area contributed by atoms with Crippen LogP contribution in [0.5, 0.6) is 0 Å². The van der Waals surface area contributed by atoms with Crippen LogP contribution >= 0.6 is 0 Å². The minimum Gasteiger partial charge on any atom is -0.387 e. The van der Waals surface area contributed by atoms with Crippen molar-refractivity contribution in [1.82, 2.24) is 4.98 Å². The van der Waals surface area contributed by atoms with Crippen LogP contribution in [0.4, 0.5) is 5.69 Å². The van der Waals surface area contributed by atoms with Crippen LogP contribution < -0.4 is 4.90 Å². The number of aromatic nitrogens is 1. The summed E-state index contributed by atoms with van der Waals surface area (Å²) in [5.41, 5.74) is 1.87. The van der Waals surface area contributed by atoms with Crippen LogP contribution in [0.2, 0.25) is 0 Å². The molecule has 0 aliphatic heterocycles. The van der Waals surface area contributed by atoms with Gasteiger partial charge in [0.25, 0.3) is 0 Å². The average molecular weight is 206 g/mol. The van der Waals surface area contributed by atoms with Crippen molar-refractivity contribution in [2.45, 2.75) is 25.9 Å². The predicted octanol–water partition coefficient (Wildman–Crippen LogP) is 1.98. The second kappa shape index (κ2) is 4.19. The van der Waals surface area contributed by atoms with E-state index in [1.54, 1.807) is 6.92 Å². The molecule has 15 heavy (non-hydrogen) atoms. The molecule has 1 N–H and O–H groups in total. The Labute approximate surface area is 90.8 Å². The van der Waals surface area contributed by atoms with E-state index in [9.17, 15) is 5.11 Å². The lowest BCUT2D eigenvalue weighted by molar-refractivity contribution is 0.194. The summed E-state index contributed by atoms with van der Waals surface area (Å²) in [6.45, 7) is 2.85. The van der Waals surface area contributed by atoms with Crippen LogP contribution in [0.3, 0.4) is 0 Å². The topological polar surface area (TPSA) is 36.4 Å². The van der Waals surface area contributed by atoms with E-state index in [0.717, 1.165) is 23.8 Å². The van der Waals surface area contributed by atoms with E-state index in [-0.39, 0.29) is 0 Å². The van der Waals surface area contributed by atoms with Crippen molar-refractivity contribution in [2.75, 3.05) is 18.5 Å². The quantitative estimate of drug-likeness (QED) is 0.818. The van der Waals surface area contributed by atoms with Crippen LogP contribution in [-0.4, -0.2) is 23.7 Å². The molecule has 0 radical (unpaired) electrons. The second-order valence-corrected chi connectivity index (χ2v) is 4.44. The Kier molecular flexibility index (Phi) is 2.91. The number of nitrogens with zero attached hydrogens (tertiary/aromatic N) is 2. The molecule has 3 nitrogen and oxygen atoms in total. The first-order chi connectivity index (χ1) is 7.16. The molecule has 1 aliphatic rings. The third-order valence-electron chi connectivity index (χ3n) is 2.87. The zero-order chi connectivity index (χ0) is 10.8. The van der Waals surface area contributed by atoms with E-state index in [0.29, 0.717) is 0 Å². The Bertz CT molecular complexity index is 317. The fourth-order valence-corrected chi connectivity index (χ4v) is 1.66. The van der Waals surface area contributed by atoms with Gasteiger partial charge in [0.15, 0.2) is 0 Å². The fourth-order valence-electron chi connectivity index (χ4n) is 1.66. The Hall–Kier alpha value is -1.09. The maximum atomic E-state index is 9.33. The highest BCUT2D eigenvalue weighted by atomic mass is 16.3. The first-order valence-electron chi connectivity index (χ1n) is 5.52. The standard InChI is InChI=1S/C12H18N2O/c1-9(15)12-6-5-11(7-13-12)14(2)8-10-3-4-10/h5-7,9-10,15H,3-4,8H2,1-2H3/t9-/m0/s1. The van der Waals surface area contributed by atoms with Crippen LogP contribution in [0, 0.1) is 5.92 Å². The van der Waals surface area contributed by atoms with E-state index >= 15 is 0 Å². The number of rotatable bonds is 4. The lowest BCUT2D eigenvalue weighted by atomic mass is 10.2. The normalized spacial score (nSPS) is 17.5. The van der Waals surface area contributed by atoms with Gasteiger partial charge in [-0.15, -0.1) is 0 Å². The molecule has 1 aromatic rings. The first-order valence-corrected chi connectivity index (χ1v) is 5.52. The highest BCUT2D eigenvalue weighted by Gasteiger charge is 2.23. The average Bonchev–Trinajstić information content (AvgIpc) is 3.02. The SMILES string of the molecule is C[C@H](O)c1ccc(N(C)CC2CC2)cn1. The van der Waals surface area contributed by atoms with Gasteiger partial charge in [-0.2, -0.15) is 0 Å². The van der Waals surface area contributed by atoms with Crippen molar-refractivity contribution in [1.29, 1.82) is 0 Å².